The van der Waals surface area contributed by atoms with Crippen LogP contribution in [0, 0.1) is 5.92 Å². The summed E-state index contributed by atoms with van der Waals surface area (Å²) in [4.78, 5) is 36.2. The maximum Gasteiger partial charge on any atom is 0.407 e. The van der Waals surface area contributed by atoms with Gasteiger partial charge in [-0.05, 0) is 26.7 Å². The molecule has 0 aromatic rings. The standard InChI is InChI=1S/C14H27N3O5/c1-9(2)14(15,11(19)20)10(18)17(6)8-7-16-12(21)22-13(3,4)5/h9H,7-8,15H2,1-6H3,(H,16,21)(H,19,20)/t14-/m0/s1. The van der Waals surface area contributed by atoms with E-state index in [-0.39, 0.29) is 13.1 Å². The van der Waals surface area contributed by atoms with Gasteiger partial charge in [-0.2, -0.15) is 0 Å². The van der Waals surface area contributed by atoms with Gasteiger partial charge in [0.15, 0.2) is 5.54 Å². The molecule has 8 nitrogen and oxygen atoms in total. The van der Waals surface area contributed by atoms with Crippen molar-refractivity contribution in [3.05, 3.63) is 0 Å². The molecule has 4 N–H and O–H groups in total. The Bertz CT molecular complexity index is 431. The van der Waals surface area contributed by atoms with Crippen LogP contribution in [0.15, 0.2) is 0 Å². The fourth-order valence-corrected chi connectivity index (χ4v) is 1.64. The van der Waals surface area contributed by atoms with Crippen LogP contribution in [0.3, 0.4) is 0 Å². The number of carbonyl (C=O) groups is 3. The quantitative estimate of drug-likeness (QED) is 0.610. The number of ether oxygens (including phenoxy) is 1. The lowest BCUT2D eigenvalue weighted by atomic mass is 9.86. The summed E-state index contributed by atoms with van der Waals surface area (Å²) >= 11 is 0. The Morgan fingerprint density at radius 2 is 1.77 bits per heavy atom. The lowest BCUT2D eigenvalue weighted by Gasteiger charge is -2.32. The minimum Gasteiger partial charge on any atom is -0.479 e. The number of alkyl carbamates (subject to hydrolysis) is 1. The maximum atomic E-state index is 12.2. The van der Waals surface area contributed by atoms with Crippen molar-refractivity contribution in [3.63, 3.8) is 0 Å². The number of carboxylic acid groups (broad SMARTS) is 1. The van der Waals surface area contributed by atoms with Gasteiger partial charge in [0, 0.05) is 20.1 Å². The maximum absolute atomic E-state index is 12.2. The van der Waals surface area contributed by atoms with Crippen LogP contribution in [0.25, 0.3) is 0 Å². The molecule has 2 amide bonds. The number of carboxylic acids is 1. The smallest absolute Gasteiger partial charge is 0.407 e. The van der Waals surface area contributed by atoms with E-state index in [0.29, 0.717) is 0 Å². The number of nitrogens with one attached hydrogen (secondary N) is 1. The summed E-state index contributed by atoms with van der Waals surface area (Å²) in [5.74, 6) is -2.65. The number of hydrogen-bond donors (Lipinski definition) is 3. The van der Waals surface area contributed by atoms with E-state index in [1.165, 1.54) is 11.9 Å². The Kier molecular flexibility index (Phi) is 6.82. The van der Waals surface area contributed by atoms with Crippen molar-refractivity contribution in [2.75, 3.05) is 20.1 Å². The molecular weight excluding hydrogens is 290 g/mol. The number of rotatable bonds is 6. The van der Waals surface area contributed by atoms with Crippen LogP contribution >= 0.6 is 0 Å². The topological polar surface area (TPSA) is 122 Å². The molecule has 0 fully saturated rings. The molecule has 22 heavy (non-hydrogen) atoms. The largest absolute Gasteiger partial charge is 0.479 e. The molecule has 0 unspecified atom stereocenters. The first-order valence-electron chi connectivity index (χ1n) is 7.07. The van der Waals surface area contributed by atoms with Crippen molar-refractivity contribution in [1.82, 2.24) is 10.2 Å². The lowest BCUT2D eigenvalue weighted by molar-refractivity contribution is -0.155. The van der Waals surface area contributed by atoms with Gasteiger partial charge in [-0.25, -0.2) is 9.59 Å². The summed E-state index contributed by atoms with van der Waals surface area (Å²) in [6, 6.07) is 0. The number of carbonyl (C=O) groups excluding carboxylic acids is 2. The van der Waals surface area contributed by atoms with Crippen LogP contribution in [-0.2, 0) is 14.3 Å². The molecule has 0 aromatic heterocycles. The highest BCUT2D eigenvalue weighted by Crippen LogP contribution is 2.17. The Hall–Kier alpha value is -1.83. The summed E-state index contributed by atoms with van der Waals surface area (Å²) in [6.07, 6.45) is -0.602. The van der Waals surface area contributed by atoms with Crippen LogP contribution in [0.2, 0.25) is 0 Å². The predicted molar refractivity (Wildman–Crippen MR) is 81.3 cm³/mol. The van der Waals surface area contributed by atoms with Crippen molar-refractivity contribution < 1.29 is 24.2 Å². The van der Waals surface area contributed by atoms with Gasteiger partial charge >= 0.3 is 12.1 Å². The minimum atomic E-state index is -1.99. The molecular formula is C14H27N3O5. The molecule has 0 heterocycles. The highest BCUT2D eigenvalue weighted by molar-refractivity contribution is 6.06. The number of amides is 2. The molecule has 0 saturated carbocycles. The number of aliphatic carboxylic acids is 1. The first-order chi connectivity index (χ1) is 9.82. The van der Waals surface area contributed by atoms with Crippen molar-refractivity contribution in [3.8, 4) is 0 Å². The predicted octanol–water partition coefficient (Wildman–Crippen LogP) is 0.408. The number of nitrogens with two attached hydrogens (primary N) is 1. The van der Waals surface area contributed by atoms with Gasteiger partial charge in [-0.1, -0.05) is 13.8 Å². The lowest BCUT2D eigenvalue weighted by Crippen LogP contribution is -2.63. The van der Waals surface area contributed by atoms with Gasteiger partial charge in [0.25, 0.3) is 5.91 Å². The van der Waals surface area contributed by atoms with E-state index in [9.17, 15) is 19.5 Å². The van der Waals surface area contributed by atoms with E-state index in [1.807, 2.05) is 0 Å². The Labute approximate surface area is 131 Å². The van der Waals surface area contributed by atoms with Gasteiger partial charge in [-0.15, -0.1) is 0 Å². The number of nitrogens with zero attached hydrogens (tertiary/aromatic N) is 1. The number of likely N-dealkylation sites (N-methyl/N-ethyl adjacent to an activating group) is 1. The molecule has 0 aliphatic carbocycles. The third kappa shape index (κ3) is 5.51. The first kappa shape index (κ1) is 20.2. The molecule has 0 aliphatic heterocycles. The molecule has 8 heteroatoms. The van der Waals surface area contributed by atoms with Crippen LogP contribution in [0.1, 0.15) is 34.6 Å². The fourth-order valence-electron chi connectivity index (χ4n) is 1.64. The molecule has 0 radical (unpaired) electrons. The second-order valence-electron chi connectivity index (χ2n) is 6.48. The molecule has 0 saturated heterocycles. The third-order valence-electron chi connectivity index (χ3n) is 3.08. The van der Waals surface area contributed by atoms with Gasteiger partial charge in [0.05, 0.1) is 0 Å². The first-order valence-corrected chi connectivity index (χ1v) is 7.07. The zero-order valence-corrected chi connectivity index (χ0v) is 14.1. The molecule has 0 bridgehead atoms. The summed E-state index contributed by atoms with van der Waals surface area (Å²) in [6.45, 7) is 8.60. The normalized spacial score (nSPS) is 14.2. The third-order valence-corrected chi connectivity index (χ3v) is 3.08. The Morgan fingerprint density at radius 1 is 1.27 bits per heavy atom. The van der Waals surface area contributed by atoms with Gasteiger partial charge in [0.1, 0.15) is 5.60 Å². The summed E-state index contributed by atoms with van der Waals surface area (Å²) < 4.78 is 5.05. The molecule has 1 atom stereocenters. The zero-order chi connectivity index (χ0) is 17.7. The van der Waals surface area contributed by atoms with E-state index < -0.39 is 35.0 Å². The highest BCUT2D eigenvalue weighted by Gasteiger charge is 2.46. The van der Waals surface area contributed by atoms with Gasteiger partial charge in [0.2, 0.25) is 0 Å². The Morgan fingerprint density at radius 3 is 2.14 bits per heavy atom. The van der Waals surface area contributed by atoms with Crippen LogP contribution in [0.4, 0.5) is 4.79 Å². The van der Waals surface area contributed by atoms with E-state index >= 15 is 0 Å². The molecule has 0 spiro atoms. The van der Waals surface area contributed by atoms with Crippen LogP contribution in [-0.4, -0.2) is 59.3 Å². The Balaban J connectivity index is 4.55. The van der Waals surface area contributed by atoms with Gasteiger partial charge < -0.3 is 25.8 Å². The fraction of sp³-hybridized carbons (Fsp3) is 0.786. The zero-order valence-electron chi connectivity index (χ0n) is 14.1. The second-order valence-corrected chi connectivity index (χ2v) is 6.48. The second kappa shape index (κ2) is 7.44. The molecule has 0 rings (SSSR count). The van der Waals surface area contributed by atoms with E-state index in [4.69, 9.17) is 10.5 Å². The van der Waals surface area contributed by atoms with E-state index in [0.717, 1.165) is 0 Å². The molecule has 0 aliphatic rings. The summed E-state index contributed by atoms with van der Waals surface area (Å²) in [7, 11) is 1.44. The SMILES string of the molecule is CC(C)[C@@](N)(C(=O)O)C(=O)N(C)CCNC(=O)OC(C)(C)C. The minimum absolute atomic E-state index is 0.122. The van der Waals surface area contributed by atoms with Crippen molar-refractivity contribution >= 4 is 18.0 Å². The van der Waals surface area contributed by atoms with Crippen molar-refractivity contribution in [2.45, 2.75) is 45.8 Å². The molecule has 128 valence electrons. The van der Waals surface area contributed by atoms with Crippen molar-refractivity contribution in [2.24, 2.45) is 11.7 Å². The van der Waals surface area contributed by atoms with Crippen LogP contribution in [0.5, 0.6) is 0 Å². The highest BCUT2D eigenvalue weighted by atomic mass is 16.6. The molecule has 0 aromatic carbocycles. The van der Waals surface area contributed by atoms with E-state index in [1.54, 1.807) is 34.6 Å². The monoisotopic (exact) mass is 317 g/mol. The van der Waals surface area contributed by atoms with Crippen molar-refractivity contribution in [1.29, 1.82) is 0 Å². The van der Waals surface area contributed by atoms with Gasteiger partial charge in [-0.3, -0.25) is 4.79 Å². The van der Waals surface area contributed by atoms with E-state index in [2.05, 4.69) is 5.32 Å². The average Bonchev–Trinajstić information content (AvgIpc) is 2.33. The van der Waals surface area contributed by atoms with Crippen LogP contribution < -0.4 is 11.1 Å². The average molecular weight is 317 g/mol. The summed E-state index contributed by atoms with van der Waals surface area (Å²) in [5, 5.41) is 11.7. The number of hydrogen-bond acceptors (Lipinski definition) is 5. The summed E-state index contributed by atoms with van der Waals surface area (Å²) in [5.41, 5.74) is 3.14.